The van der Waals surface area contributed by atoms with Crippen LogP contribution in [0.2, 0.25) is 0 Å². The molecule has 0 aliphatic rings. The third kappa shape index (κ3) is 2.90. The van der Waals surface area contributed by atoms with Gasteiger partial charge in [0.05, 0.1) is 7.11 Å². The molecule has 0 spiro atoms. The lowest BCUT2D eigenvalue weighted by atomic mass is 10.1. The van der Waals surface area contributed by atoms with Crippen LogP contribution in [0.4, 0.5) is 0 Å². The van der Waals surface area contributed by atoms with Gasteiger partial charge in [0.25, 0.3) is 0 Å². The lowest BCUT2D eigenvalue weighted by Crippen LogP contribution is -2.23. The molecule has 1 unspecified atom stereocenters. The van der Waals surface area contributed by atoms with Gasteiger partial charge in [-0.15, -0.1) is 0 Å². The highest BCUT2D eigenvalue weighted by atomic mass is 79.9. The lowest BCUT2D eigenvalue weighted by Gasteiger charge is -2.15. The summed E-state index contributed by atoms with van der Waals surface area (Å²) < 4.78 is 7.55. The molecular formula is C17H15BrN2O2. The molecule has 112 valence electrons. The van der Waals surface area contributed by atoms with E-state index in [1.54, 1.807) is 4.68 Å². The fraction of sp³-hybridized carbons (Fsp3) is 0.176. The Morgan fingerprint density at radius 2 is 2.00 bits per heavy atom. The van der Waals surface area contributed by atoms with Gasteiger partial charge in [-0.2, -0.15) is 5.10 Å². The summed E-state index contributed by atoms with van der Waals surface area (Å²) in [5.74, 6) is -0.298. The molecule has 5 heteroatoms. The zero-order valence-electron chi connectivity index (χ0n) is 12.1. The van der Waals surface area contributed by atoms with Crippen molar-refractivity contribution in [1.82, 2.24) is 9.78 Å². The fourth-order valence-electron chi connectivity index (χ4n) is 2.45. The Hall–Kier alpha value is -2.14. The van der Waals surface area contributed by atoms with E-state index in [1.807, 2.05) is 54.7 Å². The minimum atomic E-state index is -0.480. The maximum atomic E-state index is 12.2. The van der Waals surface area contributed by atoms with E-state index in [2.05, 4.69) is 21.0 Å². The van der Waals surface area contributed by atoms with Gasteiger partial charge in [-0.25, -0.2) is 4.79 Å². The number of benzene rings is 2. The van der Waals surface area contributed by atoms with Gasteiger partial charge in [-0.1, -0.05) is 42.5 Å². The Morgan fingerprint density at radius 1 is 1.23 bits per heavy atom. The van der Waals surface area contributed by atoms with Crippen molar-refractivity contribution < 1.29 is 9.53 Å². The average Bonchev–Trinajstić information content (AvgIpc) is 2.98. The Kier molecular flexibility index (Phi) is 4.24. The molecule has 0 bridgehead atoms. The smallest absolute Gasteiger partial charge is 0.331 e. The van der Waals surface area contributed by atoms with Crippen LogP contribution in [0.1, 0.15) is 11.6 Å². The summed E-state index contributed by atoms with van der Waals surface area (Å²) in [6.45, 7) is 0. The van der Waals surface area contributed by atoms with Gasteiger partial charge in [0, 0.05) is 22.5 Å². The minimum absolute atomic E-state index is 0.298. The zero-order valence-corrected chi connectivity index (χ0v) is 13.7. The summed E-state index contributed by atoms with van der Waals surface area (Å²) >= 11 is 3.49. The SMILES string of the molecule is COC(=O)C(Cc1ccccc1)n1cc2cccc(Br)c2n1. The Morgan fingerprint density at radius 3 is 2.68 bits per heavy atom. The number of esters is 1. The van der Waals surface area contributed by atoms with Gasteiger partial charge in [0.1, 0.15) is 5.52 Å². The Bertz CT molecular complexity index is 799. The molecule has 0 saturated heterocycles. The molecule has 1 heterocycles. The molecule has 3 aromatic rings. The van der Waals surface area contributed by atoms with E-state index in [0.717, 1.165) is 20.9 Å². The second-order valence-electron chi connectivity index (χ2n) is 5.02. The predicted molar refractivity (Wildman–Crippen MR) is 88.6 cm³/mol. The number of carbonyl (C=O) groups is 1. The first kappa shape index (κ1) is 14.8. The van der Waals surface area contributed by atoms with Crippen molar-refractivity contribution in [3.63, 3.8) is 0 Å². The first-order valence-electron chi connectivity index (χ1n) is 6.94. The standard InChI is InChI=1S/C17H15BrN2O2/c1-22-17(21)15(10-12-6-3-2-4-7-12)20-11-13-8-5-9-14(18)16(13)19-20/h2-9,11,15H,10H2,1H3. The number of ether oxygens (including phenoxy) is 1. The van der Waals surface area contributed by atoms with Crippen LogP contribution in [0.15, 0.2) is 59.2 Å². The number of aromatic nitrogens is 2. The molecule has 2 aromatic carbocycles. The largest absolute Gasteiger partial charge is 0.467 e. The second kappa shape index (κ2) is 6.32. The number of fused-ring (bicyclic) bond motifs is 1. The second-order valence-corrected chi connectivity index (χ2v) is 5.87. The summed E-state index contributed by atoms with van der Waals surface area (Å²) in [5, 5.41) is 5.53. The monoisotopic (exact) mass is 358 g/mol. The predicted octanol–water partition coefficient (Wildman–Crippen LogP) is 3.76. The van der Waals surface area contributed by atoms with Crippen LogP contribution in [0.25, 0.3) is 10.9 Å². The van der Waals surface area contributed by atoms with Crippen LogP contribution >= 0.6 is 15.9 Å². The number of hydrogen-bond acceptors (Lipinski definition) is 3. The summed E-state index contributed by atoms with van der Waals surface area (Å²) in [5.41, 5.74) is 1.90. The van der Waals surface area contributed by atoms with Crippen LogP contribution < -0.4 is 0 Å². The Labute approximate surface area is 136 Å². The summed E-state index contributed by atoms with van der Waals surface area (Å²) in [6.07, 6.45) is 2.42. The van der Waals surface area contributed by atoms with Gasteiger partial charge in [-0.3, -0.25) is 4.68 Å². The first-order chi connectivity index (χ1) is 10.7. The van der Waals surface area contributed by atoms with Crippen molar-refractivity contribution in [2.45, 2.75) is 12.5 Å². The third-order valence-corrected chi connectivity index (χ3v) is 4.21. The van der Waals surface area contributed by atoms with Crippen molar-refractivity contribution >= 4 is 32.8 Å². The number of rotatable bonds is 4. The van der Waals surface area contributed by atoms with E-state index < -0.39 is 6.04 Å². The molecule has 22 heavy (non-hydrogen) atoms. The van der Waals surface area contributed by atoms with E-state index in [1.165, 1.54) is 7.11 Å². The molecule has 0 saturated carbocycles. The van der Waals surface area contributed by atoms with Gasteiger partial charge >= 0.3 is 5.97 Å². The summed E-state index contributed by atoms with van der Waals surface area (Å²) in [4.78, 5) is 12.2. The fourth-order valence-corrected chi connectivity index (χ4v) is 2.91. The van der Waals surface area contributed by atoms with Crippen molar-refractivity contribution in [2.24, 2.45) is 0 Å². The molecule has 0 aliphatic carbocycles. The van der Waals surface area contributed by atoms with E-state index in [9.17, 15) is 4.79 Å². The maximum absolute atomic E-state index is 12.2. The maximum Gasteiger partial charge on any atom is 0.331 e. The third-order valence-electron chi connectivity index (χ3n) is 3.57. The van der Waals surface area contributed by atoms with Crippen LogP contribution in [0, 0.1) is 0 Å². The first-order valence-corrected chi connectivity index (χ1v) is 7.73. The molecule has 0 amide bonds. The molecule has 1 atom stereocenters. The molecule has 0 radical (unpaired) electrons. The zero-order chi connectivity index (χ0) is 15.5. The lowest BCUT2D eigenvalue weighted by molar-refractivity contribution is -0.144. The Balaban J connectivity index is 2.00. The van der Waals surface area contributed by atoms with Gasteiger partial charge in [0.2, 0.25) is 0 Å². The number of nitrogens with zero attached hydrogens (tertiary/aromatic N) is 2. The van der Waals surface area contributed by atoms with E-state index in [-0.39, 0.29) is 5.97 Å². The average molecular weight is 359 g/mol. The molecule has 3 rings (SSSR count). The van der Waals surface area contributed by atoms with Crippen molar-refractivity contribution in [2.75, 3.05) is 7.11 Å². The van der Waals surface area contributed by atoms with E-state index in [0.29, 0.717) is 6.42 Å². The number of hydrogen-bond donors (Lipinski definition) is 0. The quantitative estimate of drug-likeness (QED) is 0.667. The van der Waals surface area contributed by atoms with E-state index in [4.69, 9.17) is 4.74 Å². The van der Waals surface area contributed by atoms with Crippen LogP contribution in [-0.4, -0.2) is 22.9 Å². The highest BCUT2D eigenvalue weighted by Gasteiger charge is 2.23. The normalized spacial score (nSPS) is 12.3. The molecule has 1 aromatic heterocycles. The number of carbonyl (C=O) groups excluding carboxylic acids is 1. The molecule has 0 aliphatic heterocycles. The number of methoxy groups -OCH3 is 1. The van der Waals surface area contributed by atoms with Crippen LogP contribution in [0.5, 0.6) is 0 Å². The summed E-state index contributed by atoms with van der Waals surface area (Å²) in [6, 6.07) is 15.2. The van der Waals surface area contributed by atoms with Crippen molar-refractivity contribution in [3.05, 3.63) is 64.8 Å². The number of halogens is 1. The topological polar surface area (TPSA) is 44.1 Å². The molecule has 4 nitrogen and oxygen atoms in total. The molecule has 0 N–H and O–H groups in total. The van der Waals surface area contributed by atoms with E-state index >= 15 is 0 Å². The summed E-state index contributed by atoms with van der Waals surface area (Å²) in [7, 11) is 1.40. The molecular weight excluding hydrogens is 344 g/mol. The van der Waals surface area contributed by atoms with Crippen LogP contribution in [0.3, 0.4) is 0 Å². The van der Waals surface area contributed by atoms with Gasteiger partial charge in [0.15, 0.2) is 6.04 Å². The van der Waals surface area contributed by atoms with Crippen LogP contribution in [-0.2, 0) is 16.0 Å². The van der Waals surface area contributed by atoms with Gasteiger partial charge < -0.3 is 4.74 Å². The van der Waals surface area contributed by atoms with Crippen molar-refractivity contribution in [1.29, 1.82) is 0 Å². The van der Waals surface area contributed by atoms with Crippen molar-refractivity contribution in [3.8, 4) is 0 Å². The van der Waals surface area contributed by atoms with Gasteiger partial charge in [-0.05, 0) is 27.6 Å². The highest BCUT2D eigenvalue weighted by Crippen LogP contribution is 2.25. The minimum Gasteiger partial charge on any atom is -0.467 e. The highest BCUT2D eigenvalue weighted by molar-refractivity contribution is 9.10. The molecule has 0 fully saturated rings.